The quantitative estimate of drug-likeness (QED) is 0.770. The zero-order valence-corrected chi connectivity index (χ0v) is 10.4. The number of methoxy groups -OCH3 is 1. The Morgan fingerprint density at radius 2 is 2.25 bits per heavy atom. The minimum absolute atomic E-state index is 0.412. The lowest BCUT2D eigenvalue weighted by Gasteiger charge is -2.12. The van der Waals surface area contributed by atoms with Crippen LogP contribution in [-0.2, 0) is 6.54 Å². The molecule has 0 amide bonds. The van der Waals surface area contributed by atoms with Gasteiger partial charge in [0.2, 0.25) is 0 Å². The lowest BCUT2D eigenvalue weighted by molar-refractivity contribution is -0.643. The molecular weight excluding hydrogens is 226 g/mol. The van der Waals surface area contributed by atoms with Gasteiger partial charge in [0.25, 0.3) is 0 Å². The fourth-order valence-electron chi connectivity index (χ4n) is 1.41. The van der Waals surface area contributed by atoms with Gasteiger partial charge in [0.05, 0.1) is 19.2 Å². The zero-order chi connectivity index (χ0) is 12.0. The van der Waals surface area contributed by atoms with Crippen molar-refractivity contribution in [3.63, 3.8) is 0 Å². The van der Waals surface area contributed by atoms with Gasteiger partial charge in [0.15, 0.2) is 11.5 Å². The second-order valence-corrected chi connectivity index (χ2v) is 3.73. The summed E-state index contributed by atoms with van der Waals surface area (Å²) in [6.45, 7) is 4.86. The molecule has 0 bridgehead atoms. The zero-order valence-electron chi connectivity index (χ0n) is 9.63. The van der Waals surface area contributed by atoms with Crippen LogP contribution < -0.4 is 14.8 Å². The van der Waals surface area contributed by atoms with Gasteiger partial charge in [0.1, 0.15) is 13.2 Å². The third kappa shape index (κ3) is 3.15. The molecule has 1 rings (SSSR count). The summed E-state index contributed by atoms with van der Waals surface area (Å²) in [5.41, 5.74) is 1.11. The second kappa shape index (κ2) is 6.40. The van der Waals surface area contributed by atoms with E-state index < -0.39 is 0 Å². The molecule has 16 heavy (non-hydrogen) atoms. The molecule has 0 spiro atoms. The van der Waals surface area contributed by atoms with Crippen molar-refractivity contribution in [3.05, 3.63) is 35.4 Å². The van der Waals surface area contributed by atoms with Gasteiger partial charge in [-0.05, 0) is 12.1 Å². The number of halogens is 1. The maximum absolute atomic E-state index is 6.13. The Morgan fingerprint density at radius 1 is 1.50 bits per heavy atom. The van der Waals surface area contributed by atoms with Crippen molar-refractivity contribution in [1.29, 1.82) is 0 Å². The van der Waals surface area contributed by atoms with E-state index >= 15 is 0 Å². The van der Waals surface area contributed by atoms with Crippen molar-refractivity contribution in [3.8, 4) is 11.5 Å². The fourth-order valence-corrected chi connectivity index (χ4v) is 1.70. The van der Waals surface area contributed by atoms with Crippen molar-refractivity contribution >= 4 is 11.6 Å². The molecule has 0 aliphatic carbocycles. The molecule has 0 aliphatic rings. The molecule has 88 valence electrons. The molecule has 2 N–H and O–H groups in total. The molecule has 3 nitrogen and oxygen atoms in total. The summed E-state index contributed by atoms with van der Waals surface area (Å²) >= 11 is 6.13. The van der Waals surface area contributed by atoms with E-state index in [1.165, 1.54) is 0 Å². The van der Waals surface area contributed by atoms with Crippen LogP contribution in [0.15, 0.2) is 24.8 Å². The van der Waals surface area contributed by atoms with Gasteiger partial charge in [-0.15, -0.1) is 0 Å². The highest BCUT2D eigenvalue weighted by Gasteiger charge is 2.11. The van der Waals surface area contributed by atoms with E-state index in [1.807, 2.05) is 19.2 Å². The van der Waals surface area contributed by atoms with Gasteiger partial charge >= 0.3 is 0 Å². The van der Waals surface area contributed by atoms with Crippen LogP contribution in [0.2, 0.25) is 5.02 Å². The minimum atomic E-state index is 0.412. The first kappa shape index (κ1) is 12.9. The molecule has 0 heterocycles. The number of hydrogen-bond donors (Lipinski definition) is 1. The largest absolute Gasteiger partial charge is 0.493 e. The van der Waals surface area contributed by atoms with Crippen LogP contribution in [-0.4, -0.2) is 20.8 Å². The first-order valence-electron chi connectivity index (χ1n) is 5.10. The molecule has 0 fully saturated rings. The maximum atomic E-state index is 6.13. The Bertz CT molecular complexity index is 366. The number of hydrogen-bond acceptors (Lipinski definition) is 2. The molecule has 0 saturated carbocycles. The first-order valence-corrected chi connectivity index (χ1v) is 5.48. The highest BCUT2D eigenvalue weighted by Crippen LogP contribution is 2.36. The molecule has 1 aromatic carbocycles. The summed E-state index contributed by atoms with van der Waals surface area (Å²) in [5.74, 6) is 1.23. The molecular formula is C12H17ClNO2+. The Hall–Kier alpha value is -1.19. The highest BCUT2D eigenvalue weighted by molar-refractivity contribution is 6.32. The number of ether oxygens (including phenoxy) is 2. The van der Waals surface area contributed by atoms with Crippen molar-refractivity contribution in [2.24, 2.45) is 0 Å². The summed E-state index contributed by atoms with van der Waals surface area (Å²) in [5, 5.41) is 2.63. The second-order valence-electron chi connectivity index (χ2n) is 3.32. The Balaban J connectivity index is 3.02. The minimum Gasteiger partial charge on any atom is -0.493 e. The van der Waals surface area contributed by atoms with E-state index in [0.717, 1.165) is 12.1 Å². The van der Waals surface area contributed by atoms with Gasteiger partial charge in [0, 0.05) is 5.56 Å². The topological polar surface area (TPSA) is 35.1 Å². The average Bonchev–Trinajstić information content (AvgIpc) is 2.27. The first-order chi connectivity index (χ1) is 7.72. The third-order valence-electron chi connectivity index (χ3n) is 2.07. The lowest BCUT2D eigenvalue weighted by Crippen LogP contribution is -2.77. The molecule has 0 saturated heterocycles. The highest BCUT2D eigenvalue weighted by atomic mass is 35.5. The van der Waals surface area contributed by atoms with E-state index in [0.29, 0.717) is 23.1 Å². The molecule has 0 unspecified atom stereocenters. The van der Waals surface area contributed by atoms with Crippen LogP contribution in [0.25, 0.3) is 0 Å². The van der Waals surface area contributed by atoms with Gasteiger partial charge in [-0.3, -0.25) is 0 Å². The van der Waals surface area contributed by atoms with Crippen LogP contribution in [0.3, 0.4) is 0 Å². The SMILES string of the molecule is C=CCOc1c(Cl)cc(C[NH2+]C)cc1OC. The smallest absolute Gasteiger partial charge is 0.180 e. The number of rotatable bonds is 6. The average molecular weight is 243 g/mol. The molecule has 0 radical (unpaired) electrons. The van der Waals surface area contributed by atoms with Crippen LogP contribution in [0.5, 0.6) is 11.5 Å². The predicted molar refractivity (Wildman–Crippen MR) is 65.2 cm³/mol. The van der Waals surface area contributed by atoms with Crippen molar-refractivity contribution in [1.82, 2.24) is 0 Å². The molecule has 0 atom stereocenters. The summed E-state index contributed by atoms with van der Waals surface area (Å²) in [6, 6.07) is 3.83. The van der Waals surface area contributed by atoms with Crippen molar-refractivity contribution in [2.75, 3.05) is 20.8 Å². The van der Waals surface area contributed by atoms with Gasteiger partial charge < -0.3 is 14.8 Å². The monoisotopic (exact) mass is 242 g/mol. The van der Waals surface area contributed by atoms with E-state index in [-0.39, 0.29) is 0 Å². The van der Waals surface area contributed by atoms with Gasteiger partial charge in [-0.2, -0.15) is 0 Å². The Kier molecular flexibility index (Phi) is 5.15. The molecule has 4 heteroatoms. The summed E-state index contributed by atoms with van der Waals surface area (Å²) in [6.07, 6.45) is 1.67. The molecule has 1 aromatic rings. The third-order valence-corrected chi connectivity index (χ3v) is 2.36. The summed E-state index contributed by atoms with van der Waals surface area (Å²) in [7, 11) is 3.61. The van der Waals surface area contributed by atoms with E-state index in [4.69, 9.17) is 21.1 Å². The van der Waals surface area contributed by atoms with Gasteiger partial charge in [-0.1, -0.05) is 24.3 Å². The summed E-state index contributed by atoms with van der Waals surface area (Å²) in [4.78, 5) is 0. The molecule has 0 aliphatic heterocycles. The summed E-state index contributed by atoms with van der Waals surface area (Å²) < 4.78 is 10.7. The van der Waals surface area contributed by atoms with Crippen LogP contribution in [0.4, 0.5) is 0 Å². The standard InChI is InChI=1S/C12H16ClNO2/c1-4-5-16-12-10(13)6-9(8-14-2)7-11(12)15-3/h4,6-7,14H,1,5,8H2,2-3H3/p+1. The van der Waals surface area contributed by atoms with Crippen molar-refractivity contribution in [2.45, 2.75) is 6.54 Å². The van der Waals surface area contributed by atoms with Crippen LogP contribution in [0, 0.1) is 0 Å². The number of nitrogens with two attached hydrogens (primary N) is 1. The Labute approximate surface area is 101 Å². The van der Waals surface area contributed by atoms with Crippen molar-refractivity contribution < 1.29 is 14.8 Å². The van der Waals surface area contributed by atoms with E-state index in [2.05, 4.69) is 11.9 Å². The Morgan fingerprint density at radius 3 is 2.81 bits per heavy atom. The fraction of sp³-hybridized carbons (Fsp3) is 0.333. The van der Waals surface area contributed by atoms with Crippen LogP contribution >= 0.6 is 11.6 Å². The van der Waals surface area contributed by atoms with E-state index in [1.54, 1.807) is 13.2 Å². The maximum Gasteiger partial charge on any atom is 0.180 e. The van der Waals surface area contributed by atoms with Crippen LogP contribution in [0.1, 0.15) is 5.56 Å². The lowest BCUT2D eigenvalue weighted by atomic mass is 10.2. The normalized spacial score (nSPS) is 9.94. The number of benzene rings is 1. The van der Waals surface area contributed by atoms with E-state index in [9.17, 15) is 0 Å². The molecule has 0 aromatic heterocycles. The number of quaternary nitrogens is 1. The predicted octanol–water partition coefficient (Wildman–Crippen LogP) is 1.61. The van der Waals surface area contributed by atoms with Gasteiger partial charge in [-0.25, -0.2) is 0 Å².